The van der Waals surface area contributed by atoms with Crippen LogP contribution in [0.3, 0.4) is 0 Å². The highest BCUT2D eigenvalue weighted by Gasteiger charge is 2.43. The Hall–Kier alpha value is -3.66. The van der Waals surface area contributed by atoms with Gasteiger partial charge in [-0.15, -0.1) is 0 Å². The van der Waals surface area contributed by atoms with Crippen molar-refractivity contribution in [1.29, 1.82) is 0 Å². The minimum Gasteiger partial charge on any atom is -0.445 e. The number of aromatic amines is 1. The zero-order valence-electron chi connectivity index (χ0n) is 20.8. The molecular weight excluding hydrogens is 458 g/mol. The molecule has 2 aliphatic rings. The van der Waals surface area contributed by atoms with Gasteiger partial charge in [0, 0.05) is 37.9 Å². The lowest BCUT2D eigenvalue weighted by Crippen LogP contribution is -2.52. The van der Waals surface area contributed by atoms with Crippen molar-refractivity contribution in [3.63, 3.8) is 0 Å². The van der Waals surface area contributed by atoms with Crippen LogP contribution in [-0.4, -0.2) is 89.1 Å². The lowest BCUT2D eigenvalue weighted by atomic mass is 9.97. The Bertz CT molecular complexity index is 1210. The lowest BCUT2D eigenvalue weighted by molar-refractivity contribution is 0.0672. The summed E-state index contributed by atoms with van der Waals surface area (Å²) in [6.07, 6.45) is 6.01. The fourth-order valence-corrected chi connectivity index (χ4v) is 5.24. The van der Waals surface area contributed by atoms with E-state index in [0.29, 0.717) is 18.7 Å². The van der Waals surface area contributed by atoms with Crippen LogP contribution >= 0.6 is 0 Å². The molecule has 0 spiro atoms. The predicted octanol–water partition coefficient (Wildman–Crippen LogP) is 2.63. The second-order valence-electron chi connectivity index (χ2n) is 9.70. The van der Waals surface area contributed by atoms with Crippen molar-refractivity contribution in [2.45, 2.75) is 38.0 Å². The molecule has 0 bridgehead atoms. The smallest absolute Gasteiger partial charge is 0.410 e. The first kappa shape index (κ1) is 24.1. The molecule has 2 aliphatic heterocycles. The minimum absolute atomic E-state index is 0.100. The number of carbonyl (C=O) groups is 2. The predicted molar refractivity (Wildman–Crippen MR) is 137 cm³/mol. The van der Waals surface area contributed by atoms with Crippen LogP contribution in [0.5, 0.6) is 0 Å². The molecule has 0 aliphatic carbocycles. The van der Waals surface area contributed by atoms with E-state index in [-0.39, 0.29) is 30.7 Å². The van der Waals surface area contributed by atoms with E-state index in [9.17, 15) is 9.59 Å². The molecular formula is C26H33N7O3. The molecule has 10 heteroatoms. The molecule has 0 saturated carbocycles. The highest BCUT2D eigenvalue weighted by Crippen LogP contribution is 2.36. The third-order valence-electron chi connectivity index (χ3n) is 7.07. The molecule has 10 nitrogen and oxygen atoms in total. The Morgan fingerprint density at radius 2 is 1.94 bits per heavy atom. The number of nitrogens with zero attached hydrogens (tertiary/aromatic N) is 5. The van der Waals surface area contributed by atoms with Gasteiger partial charge in [0.15, 0.2) is 0 Å². The average molecular weight is 492 g/mol. The van der Waals surface area contributed by atoms with Gasteiger partial charge in [-0.1, -0.05) is 12.1 Å². The molecule has 0 unspecified atom stereocenters. The maximum absolute atomic E-state index is 13.1. The highest BCUT2D eigenvalue weighted by atomic mass is 16.6. The van der Waals surface area contributed by atoms with Gasteiger partial charge in [0.2, 0.25) is 0 Å². The average Bonchev–Trinajstić information content (AvgIpc) is 3.54. The van der Waals surface area contributed by atoms with Crippen LogP contribution < -0.4 is 10.2 Å². The first-order chi connectivity index (χ1) is 17.5. The normalized spacial score (nSPS) is 19.5. The van der Waals surface area contributed by atoms with Crippen LogP contribution in [0.25, 0.3) is 11.0 Å². The second kappa shape index (κ2) is 10.5. The number of hydrogen-bond donors (Lipinski definition) is 2. The monoisotopic (exact) mass is 491 g/mol. The number of hydrogen-bond acceptors (Lipinski definition) is 7. The number of H-pyrrole nitrogens is 1. The summed E-state index contributed by atoms with van der Waals surface area (Å²) in [7, 11) is 3.93. The number of piperidine rings is 1. The summed E-state index contributed by atoms with van der Waals surface area (Å²) in [5.41, 5.74) is 2.27. The van der Waals surface area contributed by atoms with Crippen LogP contribution in [0.2, 0.25) is 0 Å². The quantitative estimate of drug-likeness (QED) is 0.523. The van der Waals surface area contributed by atoms with Crippen molar-refractivity contribution in [3.8, 4) is 0 Å². The van der Waals surface area contributed by atoms with Crippen molar-refractivity contribution >= 4 is 28.9 Å². The largest absolute Gasteiger partial charge is 0.445 e. The van der Waals surface area contributed by atoms with E-state index < -0.39 is 0 Å². The third-order valence-corrected chi connectivity index (χ3v) is 7.07. The maximum atomic E-state index is 13.1. The van der Waals surface area contributed by atoms with Gasteiger partial charge in [0.25, 0.3) is 5.91 Å². The van der Waals surface area contributed by atoms with Gasteiger partial charge in [0.1, 0.15) is 24.4 Å². The Morgan fingerprint density at radius 1 is 1.11 bits per heavy atom. The molecule has 2 aromatic heterocycles. The number of nitrogens with one attached hydrogen (secondary N) is 2. The van der Waals surface area contributed by atoms with Crippen molar-refractivity contribution in [1.82, 2.24) is 30.1 Å². The number of likely N-dealkylation sites (tertiary alicyclic amines) is 1. The van der Waals surface area contributed by atoms with Crippen LogP contribution in [0.1, 0.15) is 35.2 Å². The molecule has 2 fully saturated rings. The number of benzene rings is 1. The van der Waals surface area contributed by atoms with Crippen molar-refractivity contribution in [2.24, 2.45) is 0 Å². The lowest BCUT2D eigenvalue weighted by Gasteiger charge is -2.39. The van der Waals surface area contributed by atoms with E-state index in [2.05, 4.69) is 25.2 Å². The number of fused-ring (bicyclic) bond motifs is 2. The zero-order valence-corrected chi connectivity index (χ0v) is 20.8. The van der Waals surface area contributed by atoms with Gasteiger partial charge in [-0.3, -0.25) is 4.79 Å². The first-order valence-electron chi connectivity index (χ1n) is 12.5. The summed E-state index contributed by atoms with van der Waals surface area (Å²) in [6, 6.07) is 9.52. The molecule has 2 atom stereocenters. The molecule has 2 N–H and O–H groups in total. The summed E-state index contributed by atoms with van der Waals surface area (Å²) >= 11 is 0. The third kappa shape index (κ3) is 4.99. The number of ether oxygens (including phenoxy) is 1. The van der Waals surface area contributed by atoms with Crippen molar-refractivity contribution < 1.29 is 14.3 Å². The number of carbonyl (C=O) groups excluding carboxylic acids is 2. The molecule has 190 valence electrons. The Morgan fingerprint density at radius 3 is 2.75 bits per heavy atom. The maximum Gasteiger partial charge on any atom is 0.410 e. The van der Waals surface area contributed by atoms with E-state index in [1.165, 1.54) is 0 Å². The fourth-order valence-electron chi connectivity index (χ4n) is 5.24. The van der Waals surface area contributed by atoms with E-state index in [1.54, 1.807) is 18.5 Å². The number of likely N-dealkylation sites (N-methyl/N-ethyl adjacent to an activating group) is 1. The summed E-state index contributed by atoms with van der Waals surface area (Å²) in [4.78, 5) is 43.6. The summed E-state index contributed by atoms with van der Waals surface area (Å²) in [6.45, 7) is 3.09. The second-order valence-corrected chi connectivity index (χ2v) is 9.70. The van der Waals surface area contributed by atoms with Crippen molar-refractivity contribution in [2.75, 3.05) is 45.2 Å². The van der Waals surface area contributed by atoms with Crippen LogP contribution in [0, 0.1) is 0 Å². The number of aromatic nitrogens is 3. The fraction of sp³-hybridized carbons (Fsp3) is 0.462. The van der Waals surface area contributed by atoms with E-state index in [1.807, 2.05) is 48.3 Å². The van der Waals surface area contributed by atoms with Gasteiger partial charge < -0.3 is 29.7 Å². The minimum atomic E-state index is -0.286. The zero-order chi connectivity index (χ0) is 25.1. The SMILES string of the molecule is CN(C)CCNC(=O)c1ccc(COC(=O)N2CCC[C@@H]3[C@H]2CCN3c2ncnc3[nH]ccc23)cc1. The summed E-state index contributed by atoms with van der Waals surface area (Å²) in [5, 5.41) is 3.91. The van der Waals surface area contributed by atoms with Crippen LogP contribution in [-0.2, 0) is 11.3 Å². The number of anilines is 1. The molecule has 36 heavy (non-hydrogen) atoms. The molecule has 3 aromatic rings. The van der Waals surface area contributed by atoms with E-state index in [0.717, 1.165) is 54.8 Å². The van der Waals surface area contributed by atoms with Gasteiger partial charge in [-0.25, -0.2) is 14.8 Å². The van der Waals surface area contributed by atoms with Crippen LogP contribution in [0.15, 0.2) is 42.9 Å². The van der Waals surface area contributed by atoms with Gasteiger partial charge in [-0.2, -0.15) is 0 Å². The molecule has 2 saturated heterocycles. The molecule has 1 aromatic carbocycles. The van der Waals surface area contributed by atoms with Gasteiger partial charge in [0.05, 0.1) is 17.5 Å². The first-order valence-corrected chi connectivity index (χ1v) is 12.5. The Kier molecular flexibility index (Phi) is 7.04. The topological polar surface area (TPSA) is 107 Å². The summed E-state index contributed by atoms with van der Waals surface area (Å²) < 4.78 is 5.70. The van der Waals surface area contributed by atoms with Crippen LogP contribution in [0.4, 0.5) is 10.6 Å². The Balaban J connectivity index is 1.17. The highest BCUT2D eigenvalue weighted by molar-refractivity contribution is 5.94. The van der Waals surface area contributed by atoms with Gasteiger partial charge >= 0.3 is 6.09 Å². The Labute approximate surface area is 210 Å². The summed E-state index contributed by atoms with van der Waals surface area (Å²) in [5.74, 6) is 0.820. The molecule has 0 radical (unpaired) electrons. The van der Waals surface area contributed by atoms with E-state index >= 15 is 0 Å². The molecule has 4 heterocycles. The molecule has 2 amide bonds. The molecule has 5 rings (SSSR count). The number of rotatable bonds is 7. The van der Waals surface area contributed by atoms with Crippen molar-refractivity contribution in [3.05, 3.63) is 54.0 Å². The van der Waals surface area contributed by atoms with Gasteiger partial charge in [-0.05, 0) is 57.1 Å². The number of amides is 2. The standard InChI is InChI=1S/C26H33N7O3/c1-31(2)15-12-28-25(34)19-7-5-18(6-8-19)16-36-26(35)33-13-3-4-21-22(33)10-14-32(21)24-20-9-11-27-23(20)29-17-30-24/h5-9,11,17,21-22H,3-4,10,12-16H2,1-2H3,(H,28,34)(H,27,29,30)/t21-,22-/m1/s1. The van der Waals surface area contributed by atoms with E-state index in [4.69, 9.17) is 4.74 Å².